The van der Waals surface area contributed by atoms with Gasteiger partial charge >= 0.3 is 0 Å². The minimum Gasteiger partial charge on any atom is -0.313 e. The molecule has 0 saturated carbocycles. The van der Waals surface area contributed by atoms with Gasteiger partial charge in [0.2, 0.25) is 0 Å². The summed E-state index contributed by atoms with van der Waals surface area (Å²) in [5, 5.41) is 4.41. The Balaban J connectivity index is 3.72. The van der Waals surface area contributed by atoms with Gasteiger partial charge in [-0.15, -0.1) is 0 Å². The van der Waals surface area contributed by atoms with E-state index in [4.69, 9.17) is 0 Å². The molecule has 0 aliphatic rings. The lowest BCUT2D eigenvalue weighted by atomic mass is 10.0. The average Bonchev–Trinajstić information content (AvgIpc) is 2.21. The molecule has 0 spiro atoms. The van der Waals surface area contributed by atoms with Crippen LogP contribution in [0.5, 0.6) is 0 Å². The van der Waals surface area contributed by atoms with E-state index in [1.165, 1.54) is 25.0 Å². The Hall–Kier alpha value is 0.310. The van der Waals surface area contributed by atoms with Gasteiger partial charge in [0.1, 0.15) is 0 Å². The zero-order valence-corrected chi connectivity index (χ0v) is 12.0. The molecular weight excluding hydrogens is 202 g/mol. The molecule has 1 N–H and O–H groups in total. The van der Waals surface area contributed by atoms with E-state index in [1.54, 1.807) is 0 Å². The fraction of sp³-hybridized carbons (Fsp3) is 1.00. The second-order valence-electron chi connectivity index (χ2n) is 4.78. The van der Waals surface area contributed by atoms with Crippen LogP contribution in [0.3, 0.4) is 0 Å². The fourth-order valence-electron chi connectivity index (χ4n) is 1.47. The summed E-state index contributed by atoms with van der Waals surface area (Å²) in [7, 11) is 0. The van der Waals surface area contributed by atoms with Gasteiger partial charge in [-0.1, -0.05) is 34.6 Å². The van der Waals surface area contributed by atoms with E-state index in [1.807, 2.05) is 0 Å². The van der Waals surface area contributed by atoms with E-state index in [2.05, 4.69) is 51.7 Å². The standard InChI is InChI=1S/C13H29NS/c1-6-12(5)15-10-13(14-7-2)9-8-11(3)4/h11-14H,6-10H2,1-5H3. The maximum absolute atomic E-state index is 3.60. The van der Waals surface area contributed by atoms with Gasteiger partial charge in [-0.05, 0) is 31.7 Å². The molecular formula is C13H29NS. The van der Waals surface area contributed by atoms with Gasteiger partial charge in [-0.3, -0.25) is 0 Å². The predicted molar refractivity (Wildman–Crippen MR) is 73.7 cm³/mol. The van der Waals surface area contributed by atoms with E-state index >= 15 is 0 Å². The smallest absolute Gasteiger partial charge is 0.0158 e. The van der Waals surface area contributed by atoms with Crippen LogP contribution < -0.4 is 5.32 Å². The molecule has 2 heteroatoms. The maximum Gasteiger partial charge on any atom is 0.0158 e. The molecule has 0 aromatic heterocycles. The first-order valence-electron chi connectivity index (χ1n) is 6.45. The molecule has 0 aliphatic carbocycles. The van der Waals surface area contributed by atoms with Crippen molar-refractivity contribution in [2.24, 2.45) is 5.92 Å². The SMILES string of the molecule is CCNC(CCC(C)C)CSC(C)CC. The zero-order valence-electron chi connectivity index (χ0n) is 11.2. The normalized spacial score (nSPS) is 15.6. The van der Waals surface area contributed by atoms with Gasteiger partial charge in [0.25, 0.3) is 0 Å². The molecule has 0 amide bonds. The number of thioether (sulfide) groups is 1. The number of nitrogens with one attached hydrogen (secondary N) is 1. The highest BCUT2D eigenvalue weighted by atomic mass is 32.2. The molecule has 2 atom stereocenters. The second-order valence-corrected chi connectivity index (χ2v) is 6.25. The third kappa shape index (κ3) is 9.25. The van der Waals surface area contributed by atoms with Crippen molar-refractivity contribution in [3.05, 3.63) is 0 Å². The number of hydrogen-bond acceptors (Lipinski definition) is 2. The van der Waals surface area contributed by atoms with Gasteiger partial charge in [-0.25, -0.2) is 0 Å². The summed E-state index contributed by atoms with van der Waals surface area (Å²) >= 11 is 2.11. The Morgan fingerprint density at radius 2 is 1.73 bits per heavy atom. The first kappa shape index (κ1) is 15.3. The Morgan fingerprint density at radius 1 is 1.07 bits per heavy atom. The van der Waals surface area contributed by atoms with E-state index in [0.717, 1.165) is 23.8 Å². The monoisotopic (exact) mass is 231 g/mol. The number of rotatable bonds is 9. The molecule has 15 heavy (non-hydrogen) atoms. The van der Waals surface area contributed by atoms with Crippen molar-refractivity contribution < 1.29 is 0 Å². The van der Waals surface area contributed by atoms with Gasteiger partial charge < -0.3 is 5.32 Å². The lowest BCUT2D eigenvalue weighted by molar-refractivity contribution is 0.463. The Labute approximate surface area is 101 Å². The molecule has 0 heterocycles. The molecule has 0 radical (unpaired) electrons. The van der Waals surface area contributed by atoms with Crippen molar-refractivity contribution in [3.8, 4) is 0 Å². The van der Waals surface area contributed by atoms with Crippen LogP contribution in [0.2, 0.25) is 0 Å². The van der Waals surface area contributed by atoms with E-state index in [-0.39, 0.29) is 0 Å². The van der Waals surface area contributed by atoms with Crippen LogP contribution >= 0.6 is 11.8 Å². The highest BCUT2D eigenvalue weighted by Crippen LogP contribution is 2.17. The summed E-state index contributed by atoms with van der Waals surface area (Å²) in [5.74, 6) is 2.11. The van der Waals surface area contributed by atoms with Crippen LogP contribution in [0.4, 0.5) is 0 Å². The summed E-state index contributed by atoms with van der Waals surface area (Å²) in [6.45, 7) is 12.5. The second kappa shape index (κ2) is 9.53. The molecule has 1 nitrogen and oxygen atoms in total. The van der Waals surface area contributed by atoms with Crippen molar-refractivity contribution in [2.75, 3.05) is 12.3 Å². The molecule has 0 saturated heterocycles. The third-order valence-corrected chi connectivity index (χ3v) is 4.24. The highest BCUT2D eigenvalue weighted by molar-refractivity contribution is 7.99. The molecule has 0 aromatic carbocycles. The minimum absolute atomic E-state index is 0.719. The summed E-state index contributed by atoms with van der Waals surface area (Å²) < 4.78 is 0. The van der Waals surface area contributed by atoms with Gasteiger partial charge in [0.05, 0.1) is 0 Å². The third-order valence-electron chi connectivity index (χ3n) is 2.74. The first-order chi connectivity index (χ1) is 7.10. The van der Waals surface area contributed by atoms with Gasteiger partial charge in [0, 0.05) is 17.0 Å². The summed E-state index contributed by atoms with van der Waals surface area (Å²) in [6, 6.07) is 0.719. The lowest BCUT2D eigenvalue weighted by Gasteiger charge is -2.20. The van der Waals surface area contributed by atoms with Crippen LogP contribution in [-0.2, 0) is 0 Å². The maximum atomic E-state index is 3.60. The van der Waals surface area contributed by atoms with Crippen molar-refractivity contribution >= 4 is 11.8 Å². The van der Waals surface area contributed by atoms with E-state index in [9.17, 15) is 0 Å². The van der Waals surface area contributed by atoms with Crippen LogP contribution in [0, 0.1) is 5.92 Å². The molecule has 0 rings (SSSR count). The molecule has 2 unspecified atom stereocenters. The average molecular weight is 231 g/mol. The van der Waals surface area contributed by atoms with E-state index in [0.29, 0.717) is 0 Å². The summed E-state index contributed by atoms with van der Waals surface area (Å²) in [5.41, 5.74) is 0. The van der Waals surface area contributed by atoms with Crippen LogP contribution in [0.15, 0.2) is 0 Å². The topological polar surface area (TPSA) is 12.0 Å². The van der Waals surface area contributed by atoms with Crippen molar-refractivity contribution in [1.82, 2.24) is 5.32 Å². The predicted octanol–water partition coefficient (Wildman–Crippen LogP) is 3.93. The molecule has 0 aliphatic heterocycles. The fourth-order valence-corrected chi connectivity index (χ4v) is 2.55. The van der Waals surface area contributed by atoms with Crippen molar-refractivity contribution in [1.29, 1.82) is 0 Å². The van der Waals surface area contributed by atoms with Crippen molar-refractivity contribution in [3.63, 3.8) is 0 Å². The van der Waals surface area contributed by atoms with Crippen LogP contribution in [0.25, 0.3) is 0 Å². The molecule has 0 bridgehead atoms. The Kier molecular flexibility index (Phi) is 9.73. The highest BCUT2D eigenvalue weighted by Gasteiger charge is 2.10. The van der Waals surface area contributed by atoms with Crippen molar-refractivity contribution in [2.45, 2.75) is 65.2 Å². The quantitative estimate of drug-likeness (QED) is 0.645. The molecule has 92 valence electrons. The first-order valence-corrected chi connectivity index (χ1v) is 7.49. The van der Waals surface area contributed by atoms with Gasteiger partial charge in [-0.2, -0.15) is 11.8 Å². The molecule has 0 aromatic rings. The zero-order chi connectivity index (χ0) is 11.7. The summed E-state index contributed by atoms with van der Waals surface area (Å²) in [6.07, 6.45) is 3.96. The van der Waals surface area contributed by atoms with Crippen LogP contribution in [-0.4, -0.2) is 23.6 Å². The summed E-state index contributed by atoms with van der Waals surface area (Å²) in [4.78, 5) is 0. The van der Waals surface area contributed by atoms with Crippen LogP contribution in [0.1, 0.15) is 53.9 Å². The number of hydrogen-bond donors (Lipinski definition) is 1. The Morgan fingerprint density at radius 3 is 2.20 bits per heavy atom. The largest absolute Gasteiger partial charge is 0.313 e. The lowest BCUT2D eigenvalue weighted by Crippen LogP contribution is -2.32. The van der Waals surface area contributed by atoms with E-state index < -0.39 is 0 Å². The minimum atomic E-state index is 0.719. The Bertz CT molecular complexity index is 136. The molecule has 0 fully saturated rings. The van der Waals surface area contributed by atoms with Gasteiger partial charge in [0.15, 0.2) is 0 Å².